The second kappa shape index (κ2) is 6.02. The van der Waals surface area contributed by atoms with Gasteiger partial charge < -0.3 is 15.7 Å². The molecule has 1 saturated carbocycles. The van der Waals surface area contributed by atoms with Gasteiger partial charge in [0.05, 0.1) is 5.54 Å². The highest BCUT2D eigenvalue weighted by Gasteiger charge is 2.41. The molecule has 1 heterocycles. The van der Waals surface area contributed by atoms with Gasteiger partial charge in [-0.25, -0.2) is 0 Å². The maximum absolute atomic E-state index is 12.5. The fourth-order valence-corrected chi connectivity index (χ4v) is 3.51. The topological polar surface area (TPSA) is 61.4 Å². The Hall–Kier alpha value is -0.610. The van der Waals surface area contributed by atoms with Gasteiger partial charge in [-0.2, -0.15) is 0 Å². The molecule has 0 spiro atoms. The molecule has 3 N–H and O–H groups in total. The molecule has 1 aliphatic heterocycles. The van der Waals surface area contributed by atoms with Crippen LogP contribution < -0.4 is 10.6 Å². The van der Waals surface area contributed by atoms with Crippen molar-refractivity contribution in [1.82, 2.24) is 10.6 Å². The zero-order chi connectivity index (χ0) is 13.0. The maximum Gasteiger partial charge on any atom is 0.240 e. The smallest absolute Gasteiger partial charge is 0.240 e. The summed E-state index contributed by atoms with van der Waals surface area (Å²) in [5.74, 6) is 0.418. The third-order valence-electron chi connectivity index (χ3n) is 4.57. The largest absolute Gasteiger partial charge is 0.396 e. The molecule has 0 aromatic rings. The van der Waals surface area contributed by atoms with Crippen LogP contribution in [0.3, 0.4) is 0 Å². The van der Waals surface area contributed by atoms with Crippen molar-refractivity contribution in [2.45, 2.75) is 63.5 Å². The van der Waals surface area contributed by atoms with Gasteiger partial charge in [-0.3, -0.25) is 4.79 Å². The summed E-state index contributed by atoms with van der Waals surface area (Å²) in [7, 11) is 0. The Morgan fingerprint density at radius 3 is 2.89 bits per heavy atom. The van der Waals surface area contributed by atoms with E-state index in [1.807, 2.05) is 0 Å². The van der Waals surface area contributed by atoms with Crippen LogP contribution in [0.4, 0.5) is 0 Å². The summed E-state index contributed by atoms with van der Waals surface area (Å²) < 4.78 is 0. The lowest BCUT2D eigenvalue weighted by atomic mass is 9.90. The molecule has 3 unspecified atom stereocenters. The molecular formula is C14H26N2O2. The molecule has 2 aliphatic rings. The van der Waals surface area contributed by atoms with Crippen LogP contribution in [0.1, 0.15) is 51.9 Å². The Morgan fingerprint density at radius 1 is 1.44 bits per heavy atom. The van der Waals surface area contributed by atoms with Crippen molar-refractivity contribution in [3.8, 4) is 0 Å². The molecule has 18 heavy (non-hydrogen) atoms. The van der Waals surface area contributed by atoms with Crippen molar-refractivity contribution in [2.24, 2.45) is 5.92 Å². The van der Waals surface area contributed by atoms with E-state index in [-0.39, 0.29) is 30.0 Å². The maximum atomic E-state index is 12.5. The average Bonchev–Trinajstić information content (AvgIpc) is 2.99. The molecule has 2 rings (SSSR count). The third kappa shape index (κ3) is 2.69. The molecule has 0 aromatic carbocycles. The van der Waals surface area contributed by atoms with E-state index in [4.69, 9.17) is 0 Å². The number of carbonyl (C=O) groups excluding carboxylic acids is 1. The Balaban J connectivity index is 1.97. The van der Waals surface area contributed by atoms with E-state index in [9.17, 15) is 9.90 Å². The van der Waals surface area contributed by atoms with Gasteiger partial charge in [0.2, 0.25) is 5.91 Å². The molecule has 1 amide bonds. The van der Waals surface area contributed by atoms with E-state index in [0.717, 1.165) is 51.5 Å². The van der Waals surface area contributed by atoms with E-state index >= 15 is 0 Å². The third-order valence-corrected chi connectivity index (χ3v) is 4.57. The number of nitrogens with one attached hydrogen (secondary N) is 2. The van der Waals surface area contributed by atoms with Crippen LogP contribution in [-0.2, 0) is 4.79 Å². The number of rotatable bonds is 5. The molecular weight excluding hydrogens is 228 g/mol. The van der Waals surface area contributed by atoms with Crippen molar-refractivity contribution in [1.29, 1.82) is 0 Å². The monoisotopic (exact) mass is 254 g/mol. The summed E-state index contributed by atoms with van der Waals surface area (Å²) in [6, 6.07) is 0.179. The van der Waals surface area contributed by atoms with E-state index in [0.29, 0.717) is 0 Å². The first kappa shape index (κ1) is 13.8. The van der Waals surface area contributed by atoms with E-state index in [1.165, 1.54) is 0 Å². The van der Waals surface area contributed by atoms with E-state index in [2.05, 4.69) is 17.6 Å². The normalized spacial score (nSPS) is 35.9. The van der Waals surface area contributed by atoms with Crippen LogP contribution in [0.2, 0.25) is 0 Å². The van der Waals surface area contributed by atoms with E-state index < -0.39 is 0 Å². The zero-order valence-corrected chi connectivity index (χ0v) is 11.4. The van der Waals surface area contributed by atoms with Crippen molar-refractivity contribution in [2.75, 3.05) is 13.2 Å². The average molecular weight is 254 g/mol. The quantitative estimate of drug-likeness (QED) is 0.690. The predicted octanol–water partition coefficient (Wildman–Crippen LogP) is 1.19. The highest BCUT2D eigenvalue weighted by atomic mass is 16.3. The first-order valence-corrected chi connectivity index (χ1v) is 7.38. The fraction of sp³-hybridized carbons (Fsp3) is 0.929. The fourth-order valence-electron chi connectivity index (χ4n) is 3.51. The molecule has 104 valence electrons. The Labute approximate surface area is 110 Å². The molecule has 0 bridgehead atoms. The Bertz CT molecular complexity index is 288. The minimum Gasteiger partial charge on any atom is -0.396 e. The number of carbonyl (C=O) groups is 1. The summed E-state index contributed by atoms with van der Waals surface area (Å²) in [6.07, 6.45) is 7.13. The van der Waals surface area contributed by atoms with Gasteiger partial charge in [0.25, 0.3) is 0 Å². The molecule has 4 nitrogen and oxygen atoms in total. The van der Waals surface area contributed by atoms with Crippen molar-refractivity contribution >= 4 is 5.91 Å². The van der Waals surface area contributed by atoms with Crippen LogP contribution in [-0.4, -0.2) is 35.7 Å². The number of hydrogen-bond acceptors (Lipinski definition) is 3. The highest BCUT2D eigenvalue weighted by molar-refractivity contribution is 5.87. The van der Waals surface area contributed by atoms with Gasteiger partial charge in [0.1, 0.15) is 0 Å². The Morgan fingerprint density at radius 2 is 2.28 bits per heavy atom. The van der Waals surface area contributed by atoms with Gasteiger partial charge in [0, 0.05) is 18.6 Å². The Kier molecular flexibility index (Phi) is 4.62. The molecule has 0 radical (unpaired) electrons. The molecule has 1 saturated heterocycles. The lowest BCUT2D eigenvalue weighted by Crippen LogP contribution is -2.56. The van der Waals surface area contributed by atoms with Crippen LogP contribution in [0.15, 0.2) is 0 Å². The van der Waals surface area contributed by atoms with Crippen LogP contribution in [0.5, 0.6) is 0 Å². The molecule has 0 aromatic heterocycles. The van der Waals surface area contributed by atoms with Gasteiger partial charge in [-0.15, -0.1) is 0 Å². The minimum atomic E-state index is -0.336. The SMILES string of the molecule is CCCC1(C(=O)NC2CCCC2CO)CCCN1. The standard InChI is InChI=1S/C14H26N2O2/c1-2-7-14(8-4-9-15-14)13(18)16-12-6-3-5-11(12)10-17/h11-12,15,17H,2-10H2,1H3,(H,16,18). The molecule has 2 fully saturated rings. The summed E-state index contributed by atoms with van der Waals surface area (Å²) in [5, 5.41) is 15.9. The van der Waals surface area contributed by atoms with Gasteiger partial charge in [0.15, 0.2) is 0 Å². The number of aliphatic hydroxyl groups excluding tert-OH is 1. The first-order chi connectivity index (χ1) is 8.72. The number of aliphatic hydroxyl groups is 1. The molecule has 1 aliphatic carbocycles. The molecule has 3 atom stereocenters. The summed E-state index contributed by atoms with van der Waals surface area (Å²) in [5.41, 5.74) is -0.336. The summed E-state index contributed by atoms with van der Waals surface area (Å²) >= 11 is 0. The second-order valence-corrected chi connectivity index (χ2v) is 5.82. The van der Waals surface area contributed by atoms with E-state index in [1.54, 1.807) is 0 Å². The summed E-state index contributed by atoms with van der Waals surface area (Å²) in [6.45, 7) is 3.27. The second-order valence-electron chi connectivity index (χ2n) is 5.82. The van der Waals surface area contributed by atoms with Crippen molar-refractivity contribution in [3.05, 3.63) is 0 Å². The van der Waals surface area contributed by atoms with Gasteiger partial charge in [-0.1, -0.05) is 19.8 Å². The van der Waals surface area contributed by atoms with Crippen LogP contribution >= 0.6 is 0 Å². The van der Waals surface area contributed by atoms with Gasteiger partial charge >= 0.3 is 0 Å². The highest BCUT2D eigenvalue weighted by Crippen LogP contribution is 2.29. The minimum absolute atomic E-state index is 0.159. The molecule has 4 heteroatoms. The van der Waals surface area contributed by atoms with Crippen molar-refractivity contribution < 1.29 is 9.90 Å². The summed E-state index contributed by atoms with van der Waals surface area (Å²) in [4.78, 5) is 12.5. The predicted molar refractivity (Wildman–Crippen MR) is 71.2 cm³/mol. The van der Waals surface area contributed by atoms with Crippen molar-refractivity contribution in [3.63, 3.8) is 0 Å². The van der Waals surface area contributed by atoms with Crippen LogP contribution in [0.25, 0.3) is 0 Å². The zero-order valence-electron chi connectivity index (χ0n) is 11.4. The van der Waals surface area contributed by atoms with Gasteiger partial charge in [-0.05, 0) is 38.6 Å². The lowest BCUT2D eigenvalue weighted by molar-refractivity contribution is -0.128. The van der Waals surface area contributed by atoms with Crippen LogP contribution in [0, 0.1) is 5.92 Å². The first-order valence-electron chi connectivity index (χ1n) is 7.38. The number of amides is 1. The lowest BCUT2D eigenvalue weighted by Gasteiger charge is -2.31. The number of hydrogen-bond donors (Lipinski definition) is 3.